The van der Waals surface area contributed by atoms with Crippen LogP contribution in [0.3, 0.4) is 0 Å². The molecule has 0 atom stereocenters. The third-order valence-electron chi connectivity index (χ3n) is 4.17. The Morgan fingerprint density at radius 2 is 1.76 bits per heavy atom. The molecule has 0 saturated heterocycles. The molecule has 1 amide bonds. The third kappa shape index (κ3) is 5.86. The van der Waals surface area contributed by atoms with Crippen LogP contribution in [0.4, 0.5) is 0 Å². The predicted octanol–water partition coefficient (Wildman–Crippen LogP) is 4.76. The number of rotatable bonds is 8. The zero-order chi connectivity index (χ0) is 20.5. The normalized spacial score (nSPS) is 10.7. The number of thioether (sulfide) groups is 1. The number of ether oxygens (including phenoxy) is 2. The van der Waals surface area contributed by atoms with Crippen LogP contribution >= 0.6 is 11.8 Å². The number of amides is 1. The van der Waals surface area contributed by atoms with Crippen molar-refractivity contribution >= 4 is 23.9 Å². The fourth-order valence-electron chi connectivity index (χ4n) is 2.60. The maximum Gasteiger partial charge on any atom is 0.271 e. The molecule has 0 aromatic heterocycles. The highest BCUT2D eigenvalue weighted by molar-refractivity contribution is 7.98. The highest BCUT2D eigenvalue weighted by Crippen LogP contribution is 2.23. The number of hydrogen-bond donors (Lipinski definition) is 1. The van der Waals surface area contributed by atoms with Crippen molar-refractivity contribution in [3.8, 4) is 11.5 Å². The largest absolute Gasteiger partial charge is 0.497 e. The van der Waals surface area contributed by atoms with Gasteiger partial charge in [0.2, 0.25) is 0 Å². The summed E-state index contributed by atoms with van der Waals surface area (Å²) in [7, 11) is 3.17. The van der Waals surface area contributed by atoms with Gasteiger partial charge in [0.25, 0.3) is 5.91 Å². The molecule has 1 N–H and O–H groups in total. The number of hydrazone groups is 1. The number of nitrogens with one attached hydrogen (secondary N) is 1. The molecule has 5 nitrogen and oxygen atoms in total. The van der Waals surface area contributed by atoms with Crippen LogP contribution in [0.25, 0.3) is 0 Å². The highest BCUT2D eigenvalue weighted by Gasteiger charge is 2.06. The first-order valence-electron chi connectivity index (χ1n) is 9.02. The molecule has 0 fully saturated rings. The van der Waals surface area contributed by atoms with Crippen molar-refractivity contribution in [1.82, 2.24) is 5.43 Å². The van der Waals surface area contributed by atoms with Crippen LogP contribution in [-0.4, -0.2) is 26.3 Å². The van der Waals surface area contributed by atoms with E-state index in [9.17, 15) is 4.79 Å². The Morgan fingerprint density at radius 3 is 2.45 bits per heavy atom. The van der Waals surface area contributed by atoms with Gasteiger partial charge >= 0.3 is 0 Å². The minimum absolute atomic E-state index is 0.273. The first-order valence-corrected chi connectivity index (χ1v) is 10.0. The van der Waals surface area contributed by atoms with Crippen LogP contribution in [0.2, 0.25) is 0 Å². The van der Waals surface area contributed by atoms with Gasteiger partial charge in [-0.25, -0.2) is 5.43 Å². The van der Waals surface area contributed by atoms with Gasteiger partial charge in [0.15, 0.2) is 0 Å². The molecule has 0 bridgehead atoms. The fourth-order valence-corrected chi connectivity index (χ4v) is 3.48. The number of benzene rings is 3. The van der Waals surface area contributed by atoms with Gasteiger partial charge in [-0.2, -0.15) is 5.10 Å². The van der Waals surface area contributed by atoms with Gasteiger partial charge in [-0.1, -0.05) is 30.3 Å². The SMILES string of the molecule is COc1ccc(OC)c(/C=N/NC(=O)c2ccc(CSc3ccccc3)cc2)c1. The minimum atomic E-state index is -0.273. The zero-order valence-corrected chi connectivity index (χ0v) is 17.1. The molecule has 148 valence electrons. The van der Waals surface area contributed by atoms with Gasteiger partial charge in [-0.05, 0) is 48.0 Å². The van der Waals surface area contributed by atoms with Crippen LogP contribution in [0.5, 0.6) is 11.5 Å². The van der Waals surface area contributed by atoms with E-state index in [2.05, 4.69) is 22.7 Å². The topological polar surface area (TPSA) is 59.9 Å². The molecule has 0 unspecified atom stereocenters. The van der Waals surface area contributed by atoms with Crippen molar-refractivity contribution in [3.05, 3.63) is 89.5 Å². The summed E-state index contributed by atoms with van der Waals surface area (Å²) in [5.74, 6) is 1.90. The first-order chi connectivity index (χ1) is 14.2. The summed E-state index contributed by atoms with van der Waals surface area (Å²) in [6.45, 7) is 0. The summed E-state index contributed by atoms with van der Waals surface area (Å²) in [5, 5.41) is 4.04. The van der Waals surface area contributed by atoms with Gasteiger partial charge in [-0.3, -0.25) is 4.79 Å². The summed E-state index contributed by atoms with van der Waals surface area (Å²) in [5.41, 5.74) is 4.95. The molecule has 3 rings (SSSR count). The van der Waals surface area contributed by atoms with Gasteiger partial charge in [0, 0.05) is 21.8 Å². The van der Waals surface area contributed by atoms with E-state index in [1.54, 1.807) is 56.3 Å². The molecular weight excluding hydrogens is 384 g/mol. The number of hydrogen-bond acceptors (Lipinski definition) is 5. The Balaban J connectivity index is 1.57. The number of methoxy groups -OCH3 is 2. The first kappa shape index (κ1) is 20.5. The van der Waals surface area contributed by atoms with Gasteiger partial charge in [0.1, 0.15) is 11.5 Å². The fraction of sp³-hybridized carbons (Fsp3) is 0.130. The van der Waals surface area contributed by atoms with Crippen molar-refractivity contribution < 1.29 is 14.3 Å². The van der Waals surface area contributed by atoms with E-state index < -0.39 is 0 Å². The Bertz CT molecular complexity index is 973. The van der Waals surface area contributed by atoms with Gasteiger partial charge in [-0.15, -0.1) is 11.8 Å². The van der Waals surface area contributed by atoms with Crippen LogP contribution in [-0.2, 0) is 5.75 Å². The lowest BCUT2D eigenvalue weighted by molar-refractivity contribution is 0.0955. The molecule has 29 heavy (non-hydrogen) atoms. The minimum Gasteiger partial charge on any atom is -0.497 e. The van der Waals surface area contributed by atoms with Gasteiger partial charge in [0.05, 0.1) is 20.4 Å². The average Bonchev–Trinajstić information content (AvgIpc) is 2.78. The summed E-state index contributed by atoms with van der Waals surface area (Å²) in [6.07, 6.45) is 1.53. The molecule has 3 aromatic carbocycles. The van der Waals surface area contributed by atoms with E-state index in [-0.39, 0.29) is 5.91 Å². The Labute approximate surface area is 174 Å². The zero-order valence-electron chi connectivity index (χ0n) is 16.3. The highest BCUT2D eigenvalue weighted by atomic mass is 32.2. The second kappa shape index (κ2) is 10.3. The Hall–Kier alpha value is -3.25. The summed E-state index contributed by atoms with van der Waals surface area (Å²) in [4.78, 5) is 13.5. The molecule has 0 aliphatic carbocycles. The maximum absolute atomic E-state index is 12.3. The van der Waals surface area contributed by atoms with E-state index in [0.29, 0.717) is 22.6 Å². The maximum atomic E-state index is 12.3. The lowest BCUT2D eigenvalue weighted by Gasteiger charge is -2.07. The second-order valence-electron chi connectivity index (χ2n) is 6.11. The van der Waals surface area contributed by atoms with Crippen molar-refractivity contribution in [1.29, 1.82) is 0 Å². The molecule has 0 radical (unpaired) electrons. The van der Waals surface area contributed by atoms with Crippen LogP contribution < -0.4 is 14.9 Å². The number of carbonyl (C=O) groups excluding carboxylic acids is 1. The standard InChI is InChI=1S/C23H22N2O3S/c1-27-20-12-13-22(28-2)19(14-20)15-24-25-23(26)18-10-8-17(9-11-18)16-29-21-6-4-3-5-7-21/h3-15H,16H2,1-2H3,(H,25,26)/b24-15+. The van der Waals surface area contributed by atoms with Crippen molar-refractivity contribution in [2.75, 3.05) is 14.2 Å². The molecule has 0 saturated carbocycles. The van der Waals surface area contributed by atoms with E-state index in [1.807, 2.05) is 30.3 Å². The second-order valence-corrected chi connectivity index (χ2v) is 7.15. The molecule has 6 heteroatoms. The van der Waals surface area contributed by atoms with E-state index in [0.717, 1.165) is 11.3 Å². The van der Waals surface area contributed by atoms with Crippen molar-refractivity contribution in [2.24, 2.45) is 5.10 Å². The van der Waals surface area contributed by atoms with Gasteiger partial charge < -0.3 is 9.47 Å². The summed E-state index contributed by atoms with van der Waals surface area (Å²) in [6, 6.07) is 23.1. The lowest BCUT2D eigenvalue weighted by atomic mass is 10.1. The van der Waals surface area contributed by atoms with E-state index in [4.69, 9.17) is 9.47 Å². The van der Waals surface area contributed by atoms with Crippen molar-refractivity contribution in [3.63, 3.8) is 0 Å². The summed E-state index contributed by atoms with van der Waals surface area (Å²) < 4.78 is 10.5. The predicted molar refractivity (Wildman–Crippen MR) is 117 cm³/mol. The average molecular weight is 407 g/mol. The Morgan fingerprint density at radius 1 is 1.00 bits per heavy atom. The van der Waals surface area contributed by atoms with E-state index in [1.165, 1.54) is 11.1 Å². The van der Waals surface area contributed by atoms with Crippen LogP contribution in [0, 0.1) is 0 Å². The summed E-state index contributed by atoms with van der Waals surface area (Å²) >= 11 is 1.76. The smallest absolute Gasteiger partial charge is 0.271 e. The molecule has 0 aliphatic heterocycles. The number of nitrogens with zero attached hydrogens (tertiary/aromatic N) is 1. The quantitative estimate of drug-likeness (QED) is 0.333. The third-order valence-corrected chi connectivity index (χ3v) is 5.25. The molecule has 3 aromatic rings. The lowest BCUT2D eigenvalue weighted by Crippen LogP contribution is -2.17. The molecule has 0 aliphatic rings. The van der Waals surface area contributed by atoms with E-state index >= 15 is 0 Å². The van der Waals surface area contributed by atoms with Crippen LogP contribution in [0.15, 0.2) is 82.8 Å². The molecule has 0 spiro atoms. The molecular formula is C23H22N2O3S. The monoisotopic (exact) mass is 406 g/mol. The van der Waals surface area contributed by atoms with Crippen molar-refractivity contribution in [2.45, 2.75) is 10.6 Å². The Kier molecular flexibility index (Phi) is 7.30. The van der Waals surface area contributed by atoms with Crippen LogP contribution in [0.1, 0.15) is 21.5 Å². The molecule has 0 heterocycles. The number of carbonyl (C=O) groups is 1.